The lowest BCUT2D eigenvalue weighted by atomic mass is 9.95. The van der Waals surface area contributed by atoms with Crippen molar-refractivity contribution in [3.05, 3.63) is 0 Å². The second kappa shape index (κ2) is 8.15. The zero-order chi connectivity index (χ0) is 14.3. The van der Waals surface area contributed by atoms with Gasteiger partial charge in [-0.15, -0.1) is 0 Å². The maximum atomic E-state index is 12.3. The summed E-state index contributed by atoms with van der Waals surface area (Å²) in [5, 5.41) is 0. The van der Waals surface area contributed by atoms with E-state index in [1.807, 2.05) is 13.8 Å². The Morgan fingerprint density at radius 3 is 2.47 bits per heavy atom. The molecule has 1 aliphatic heterocycles. The molecule has 0 spiro atoms. The molecule has 0 aromatic carbocycles. The predicted molar refractivity (Wildman–Crippen MR) is 75.6 cm³/mol. The highest BCUT2D eigenvalue weighted by molar-refractivity contribution is 7.53. The third kappa shape index (κ3) is 5.74. The summed E-state index contributed by atoms with van der Waals surface area (Å²) in [7, 11) is -2.96. The molecule has 5 nitrogen and oxygen atoms in total. The monoisotopic (exact) mass is 291 g/mol. The van der Waals surface area contributed by atoms with Crippen LogP contribution < -0.4 is 0 Å². The number of ketones is 1. The molecule has 1 fully saturated rings. The van der Waals surface area contributed by atoms with Gasteiger partial charge >= 0.3 is 7.60 Å². The van der Waals surface area contributed by atoms with Crippen LogP contribution in [0.1, 0.15) is 33.6 Å². The van der Waals surface area contributed by atoms with E-state index >= 15 is 0 Å². The molecule has 1 atom stereocenters. The lowest BCUT2D eigenvalue weighted by molar-refractivity contribution is -0.122. The molecule has 1 rings (SSSR count). The van der Waals surface area contributed by atoms with Crippen LogP contribution in [0.3, 0.4) is 0 Å². The molecule has 0 aliphatic carbocycles. The Morgan fingerprint density at radius 1 is 1.32 bits per heavy atom. The van der Waals surface area contributed by atoms with Gasteiger partial charge < -0.3 is 13.9 Å². The normalized spacial score (nSPS) is 21.5. The number of carbonyl (C=O) groups is 1. The van der Waals surface area contributed by atoms with Crippen molar-refractivity contribution < 1.29 is 18.4 Å². The molecule has 6 heteroatoms. The van der Waals surface area contributed by atoms with Gasteiger partial charge in [0.05, 0.1) is 19.4 Å². The average Bonchev–Trinajstić information content (AvgIpc) is 2.37. The van der Waals surface area contributed by atoms with Gasteiger partial charge in [-0.3, -0.25) is 9.36 Å². The molecular weight excluding hydrogens is 265 g/mol. The number of nitrogens with zero attached hydrogens (tertiary/aromatic N) is 1. The summed E-state index contributed by atoms with van der Waals surface area (Å²) < 4.78 is 22.9. The Morgan fingerprint density at radius 2 is 1.95 bits per heavy atom. The molecule has 0 amide bonds. The van der Waals surface area contributed by atoms with E-state index in [4.69, 9.17) is 9.05 Å². The first kappa shape index (κ1) is 16.8. The van der Waals surface area contributed by atoms with Gasteiger partial charge in [0.1, 0.15) is 5.78 Å². The molecule has 1 heterocycles. The fourth-order valence-electron chi connectivity index (χ4n) is 2.41. The van der Waals surface area contributed by atoms with E-state index < -0.39 is 7.60 Å². The first-order valence-corrected chi connectivity index (χ1v) is 8.84. The second-order valence-corrected chi connectivity index (χ2v) is 7.11. The molecule has 1 aliphatic rings. The third-order valence-electron chi connectivity index (χ3n) is 3.42. The highest BCUT2D eigenvalue weighted by Gasteiger charge is 2.27. The maximum Gasteiger partial charge on any atom is 0.331 e. The van der Waals surface area contributed by atoms with E-state index in [1.54, 1.807) is 6.92 Å². The van der Waals surface area contributed by atoms with Gasteiger partial charge in [0, 0.05) is 19.0 Å². The van der Waals surface area contributed by atoms with E-state index in [9.17, 15) is 9.36 Å². The topological polar surface area (TPSA) is 55.8 Å². The van der Waals surface area contributed by atoms with Crippen molar-refractivity contribution in [1.82, 2.24) is 4.90 Å². The molecule has 0 N–H and O–H groups in total. The summed E-state index contributed by atoms with van der Waals surface area (Å²) in [5.41, 5.74) is 0. The van der Waals surface area contributed by atoms with Gasteiger partial charge in [-0.1, -0.05) is 0 Å². The average molecular weight is 291 g/mol. The summed E-state index contributed by atoms with van der Waals surface area (Å²) in [4.78, 5) is 13.6. The quantitative estimate of drug-likeness (QED) is 0.643. The molecule has 1 saturated heterocycles. The predicted octanol–water partition coefficient (Wildman–Crippen LogP) is 2.55. The molecule has 19 heavy (non-hydrogen) atoms. The van der Waals surface area contributed by atoms with E-state index in [0.29, 0.717) is 25.9 Å². The minimum Gasteiger partial charge on any atom is -0.309 e. The molecule has 0 bridgehead atoms. The van der Waals surface area contributed by atoms with Crippen molar-refractivity contribution in [2.75, 3.05) is 39.0 Å². The number of piperidine rings is 1. The van der Waals surface area contributed by atoms with Crippen LogP contribution >= 0.6 is 7.60 Å². The van der Waals surface area contributed by atoms with Gasteiger partial charge in [0.15, 0.2) is 0 Å². The van der Waals surface area contributed by atoms with Crippen LogP contribution in [0.15, 0.2) is 0 Å². The van der Waals surface area contributed by atoms with Gasteiger partial charge in [-0.2, -0.15) is 0 Å². The second-order valence-electron chi connectivity index (χ2n) is 4.92. The van der Waals surface area contributed by atoms with Crippen LogP contribution in [0.2, 0.25) is 0 Å². The maximum absolute atomic E-state index is 12.3. The minimum absolute atomic E-state index is 0.132. The number of likely N-dealkylation sites (tertiary alicyclic amines) is 1. The molecule has 0 aromatic rings. The molecule has 0 aromatic heterocycles. The van der Waals surface area contributed by atoms with Gasteiger partial charge in [-0.25, -0.2) is 0 Å². The SMILES string of the molecule is CCOP(=O)(CCN1CCCC(C(C)=O)C1)OCC. The number of carbonyl (C=O) groups excluding carboxylic acids is 1. The zero-order valence-corrected chi connectivity index (χ0v) is 13.2. The zero-order valence-electron chi connectivity index (χ0n) is 12.3. The Hall–Kier alpha value is -0.220. The first-order valence-electron chi connectivity index (χ1n) is 7.11. The van der Waals surface area contributed by atoms with Crippen LogP contribution in [-0.2, 0) is 18.4 Å². The van der Waals surface area contributed by atoms with Crippen molar-refractivity contribution in [2.24, 2.45) is 5.92 Å². The van der Waals surface area contributed by atoms with Crippen molar-refractivity contribution >= 4 is 13.4 Å². The molecule has 0 saturated carbocycles. The van der Waals surface area contributed by atoms with Gasteiger partial charge in [0.25, 0.3) is 0 Å². The fourth-order valence-corrected chi connectivity index (χ4v) is 4.06. The van der Waals surface area contributed by atoms with Crippen LogP contribution in [0.25, 0.3) is 0 Å². The standard InChI is InChI=1S/C13H26NO4P/c1-4-17-19(16,18-5-2)10-9-14-8-6-7-13(11-14)12(3)15/h13H,4-11H2,1-3H3. The van der Waals surface area contributed by atoms with Crippen molar-refractivity contribution in [3.8, 4) is 0 Å². The number of rotatable bonds is 8. The molecule has 1 unspecified atom stereocenters. The fraction of sp³-hybridized carbons (Fsp3) is 0.923. The van der Waals surface area contributed by atoms with E-state index in [0.717, 1.165) is 25.9 Å². The number of Topliss-reactive ketones (excluding diaryl/α,β-unsaturated/α-hetero) is 1. The van der Waals surface area contributed by atoms with Crippen molar-refractivity contribution in [2.45, 2.75) is 33.6 Å². The number of hydrogen-bond acceptors (Lipinski definition) is 5. The first-order chi connectivity index (χ1) is 9.00. The van der Waals surface area contributed by atoms with Crippen LogP contribution in [-0.4, -0.2) is 49.7 Å². The molecule has 112 valence electrons. The van der Waals surface area contributed by atoms with Crippen LogP contribution in [0, 0.1) is 5.92 Å². The Labute approximate surface area is 116 Å². The highest BCUT2D eigenvalue weighted by atomic mass is 31.2. The lowest BCUT2D eigenvalue weighted by Gasteiger charge is -2.32. The third-order valence-corrected chi connectivity index (χ3v) is 5.47. The van der Waals surface area contributed by atoms with E-state index in [1.165, 1.54) is 0 Å². The summed E-state index contributed by atoms with van der Waals surface area (Å²) in [6, 6.07) is 0. The summed E-state index contributed by atoms with van der Waals surface area (Å²) in [6.45, 7) is 8.48. The largest absolute Gasteiger partial charge is 0.331 e. The van der Waals surface area contributed by atoms with Crippen molar-refractivity contribution in [3.63, 3.8) is 0 Å². The van der Waals surface area contributed by atoms with Crippen molar-refractivity contribution in [1.29, 1.82) is 0 Å². The van der Waals surface area contributed by atoms with Crippen LogP contribution in [0.4, 0.5) is 0 Å². The van der Waals surface area contributed by atoms with E-state index in [-0.39, 0.29) is 11.7 Å². The molecule has 0 radical (unpaired) electrons. The summed E-state index contributed by atoms with van der Waals surface area (Å²) in [6.07, 6.45) is 2.40. The molecular formula is C13H26NO4P. The highest BCUT2D eigenvalue weighted by Crippen LogP contribution is 2.47. The number of hydrogen-bond donors (Lipinski definition) is 0. The Bertz CT molecular complexity index is 325. The smallest absolute Gasteiger partial charge is 0.309 e. The Balaban J connectivity index is 2.45. The summed E-state index contributed by atoms with van der Waals surface area (Å²) in [5.74, 6) is 0.384. The Kier molecular flexibility index (Phi) is 7.22. The van der Waals surface area contributed by atoms with E-state index in [2.05, 4.69) is 4.90 Å². The minimum atomic E-state index is -2.96. The van der Waals surface area contributed by atoms with Gasteiger partial charge in [-0.05, 0) is 40.2 Å². The lowest BCUT2D eigenvalue weighted by Crippen LogP contribution is -2.39. The summed E-state index contributed by atoms with van der Waals surface area (Å²) >= 11 is 0. The van der Waals surface area contributed by atoms with Gasteiger partial charge in [0.2, 0.25) is 0 Å². The van der Waals surface area contributed by atoms with Crippen LogP contribution in [0.5, 0.6) is 0 Å².